The van der Waals surface area contributed by atoms with Crippen molar-refractivity contribution < 1.29 is 4.79 Å². The number of aromatic nitrogens is 3. The highest BCUT2D eigenvalue weighted by Gasteiger charge is 2.21. The molecule has 0 aliphatic carbocycles. The van der Waals surface area contributed by atoms with E-state index >= 15 is 0 Å². The number of hydrogen-bond donors (Lipinski definition) is 1. The van der Waals surface area contributed by atoms with Gasteiger partial charge in [-0.3, -0.25) is 4.79 Å². The summed E-state index contributed by atoms with van der Waals surface area (Å²) in [6.07, 6.45) is 7.41. The Morgan fingerprint density at radius 3 is 2.53 bits per heavy atom. The first-order valence-electron chi connectivity index (χ1n) is 9.65. The van der Waals surface area contributed by atoms with Crippen LogP contribution in [0.4, 0.5) is 0 Å². The van der Waals surface area contributed by atoms with Gasteiger partial charge in [-0.2, -0.15) is 0 Å². The number of nitrogens with zero attached hydrogens (tertiary/aromatic N) is 2. The molecule has 0 spiro atoms. The Bertz CT molecular complexity index is 1350. The van der Waals surface area contributed by atoms with Gasteiger partial charge in [-0.25, -0.2) is 4.98 Å². The lowest BCUT2D eigenvalue weighted by Crippen LogP contribution is -2.03. The predicted octanol–water partition coefficient (Wildman–Crippen LogP) is 5.96. The van der Waals surface area contributed by atoms with Crippen molar-refractivity contribution in [3.63, 3.8) is 0 Å². The van der Waals surface area contributed by atoms with Crippen LogP contribution in [-0.4, -0.2) is 20.3 Å². The van der Waals surface area contributed by atoms with E-state index in [1.165, 1.54) is 0 Å². The molecule has 0 bridgehead atoms. The van der Waals surface area contributed by atoms with Gasteiger partial charge in [-0.1, -0.05) is 66.2 Å². The topological polar surface area (TPSA) is 50.7 Å². The lowest BCUT2D eigenvalue weighted by molar-refractivity contribution is 0.103. The largest absolute Gasteiger partial charge is 0.351 e. The third-order valence-corrected chi connectivity index (χ3v) is 5.55. The van der Waals surface area contributed by atoms with Crippen molar-refractivity contribution in [3.8, 4) is 11.1 Å². The highest BCUT2D eigenvalue weighted by Crippen LogP contribution is 2.34. The molecule has 0 amide bonds. The van der Waals surface area contributed by atoms with Gasteiger partial charge in [-0.05, 0) is 28.5 Å². The second-order valence-electron chi connectivity index (χ2n) is 7.15. The van der Waals surface area contributed by atoms with Crippen molar-refractivity contribution in [2.75, 3.05) is 0 Å². The molecule has 0 atom stereocenters. The van der Waals surface area contributed by atoms with Gasteiger partial charge in [0.15, 0.2) is 5.78 Å². The maximum absolute atomic E-state index is 13.5. The third kappa shape index (κ3) is 3.31. The minimum Gasteiger partial charge on any atom is -0.351 e. The molecule has 3 aromatic carbocycles. The molecular weight excluding hydrogens is 394 g/mol. The molecule has 30 heavy (non-hydrogen) atoms. The number of nitrogens with one attached hydrogen (secondary N) is 1. The Morgan fingerprint density at radius 1 is 0.900 bits per heavy atom. The standard InChI is InChI=1S/C25H18ClN3O/c26-24-11-4-3-9-21(24)25(30)23-15-29(13-18-12-27-16-28-18)14-22(23)20-10-5-7-17-6-1-2-8-19(17)20/h1-12,14-16H,13H2,(H,27,28). The van der Waals surface area contributed by atoms with E-state index < -0.39 is 0 Å². The van der Waals surface area contributed by atoms with E-state index in [4.69, 9.17) is 11.6 Å². The third-order valence-electron chi connectivity index (χ3n) is 5.22. The number of aromatic amines is 1. The normalized spacial score (nSPS) is 11.1. The van der Waals surface area contributed by atoms with Crippen LogP contribution in [0.1, 0.15) is 21.6 Å². The van der Waals surface area contributed by atoms with E-state index in [1.807, 2.05) is 53.5 Å². The summed E-state index contributed by atoms with van der Waals surface area (Å²) in [5.41, 5.74) is 3.91. The highest BCUT2D eigenvalue weighted by molar-refractivity contribution is 6.35. The van der Waals surface area contributed by atoms with Crippen LogP contribution in [0.3, 0.4) is 0 Å². The first-order valence-corrected chi connectivity index (χ1v) is 10.0. The van der Waals surface area contributed by atoms with Crippen LogP contribution in [0.25, 0.3) is 21.9 Å². The molecule has 2 heterocycles. The van der Waals surface area contributed by atoms with Crippen LogP contribution in [0, 0.1) is 0 Å². The second-order valence-corrected chi connectivity index (χ2v) is 7.56. The SMILES string of the molecule is O=C(c1ccccc1Cl)c1cn(Cc2c[nH]cn2)cc1-c1cccc2ccccc12. The number of carbonyl (C=O) groups is 1. The Kier molecular flexibility index (Phi) is 4.69. The lowest BCUT2D eigenvalue weighted by Gasteiger charge is -2.08. The zero-order valence-corrected chi connectivity index (χ0v) is 16.8. The molecule has 5 rings (SSSR count). The van der Waals surface area contributed by atoms with Crippen molar-refractivity contribution in [2.24, 2.45) is 0 Å². The van der Waals surface area contributed by atoms with E-state index in [0.29, 0.717) is 22.7 Å². The van der Waals surface area contributed by atoms with Gasteiger partial charge in [0.05, 0.1) is 23.6 Å². The number of halogens is 1. The molecule has 5 aromatic rings. The average Bonchev–Trinajstić information content (AvgIpc) is 3.43. The quantitative estimate of drug-likeness (QED) is 0.362. The second kappa shape index (κ2) is 7.65. The van der Waals surface area contributed by atoms with Crippen LogP contribution in [-0.2, 0) is 6.54 Å². The fourth-order valence-electron chi connectivity index (χ4n) is 3.81. The summed E-state index contributed by atoms with van der Waals surface area (Å²) in [5.74, 6) is -0.0932. The Hall–Kier alpha value is -3.63. The molecule has 2 aromatic heterocycles. The Balaban J connectivity index is 1.69. The molecule has 4 nitrogen and oxygen atoms in total. The maximum atomic E-state index is 13.5. The average molecular weight is 412 g/mol. The number of ketones is 1. The fraction of sp³-hybridized carbons (Fsp3) is 0.0400. The smallest absolute Gasteiger partial charge is 0.196 e. The van der Waals surface area contributed by atoms with Crippen LogP contribution in [0.5, 0.6) is 0 Å². The summed E-state index contributed by atoms with van der Waals surface area (Å²) in [7, 11) is 0. The van der Waals surface area contributed by atoms with Gasteiger partial charge in [0.2, 0.25) is 0 Å². The summed E-state index contributed by atoms with van der Waals surface area (Å²) in [6, 6.07) is 21.5. The number of benzene rings is 3. The number of imidazole rings is 1. The summed E-state index contributed by atoms with van der Waals surface area (Å²) in [5, 5.41) is 2.68. The van der Waals surface area contributed by atoms with E-state index in [0.717, 1.165) is 27.6 Å². The molecule has 0 aliphatic heterocycles. The minimum atomic E-state index is -0.0932. The summed E-state index contributed by atoms with van der Waals surface area (Å²) in [6.45, 7) is 0.567. The minimum absolute atomic E-state index is 0.0932. The first-order chi connectivity index (χ1) is 14.7. The van der Waals surface area contributed by atoms with Gasteiger partial charge >= 0.3 is 0 Å². The lowest BCUT2D eigenvalue weighted by atomic mass is 9.94. The zero-order chi connectivity index (χ0) is 20.5. The van der Waals surface area contributed by atoms with E-state index in [2.05, 4.69) is 34.2 Å². The highest BCUT2D eigenvalue weighted by atomic mass is 35.5. The number of hydrogen-bond acceptors (Lipinski definition) is 2. The maximum Gasteiger partial charge on any atom is 0.196 e. The van der Waals surface area contributed by atoms with Crippen molar-refractivity contribution in [1.82, 2.24) is 14.5 Å². The van der Waals surface area contributed by atoms with Crippen molar-refractivity contribution in [3.05, 3.63) is 113 Å². The van der Waals surface area contributed by atoms with Crippen molar-refractivity contribution >= 4 is 28.2 Å². The van der Waals surface area contributed by atoms with Crippen LogP contribution in [0.15, 0.2) is 91.6 Å². The molecule has 0 saturated carbocycles. The summed E-state index contributed by atoms with van der Waals surface area (Å²) in [4.78, 5) is 20.8. The number of H-pyrrole nitrogens is 1. The molecule has 0 fully saturated rings. The number of carbonyl (C=O) groups excluding carboxylic acids is 1. The summed E-state index contributed by atoms with van der Waals surface area (Å²) >= 11 is 6.34. The van der Waals surface area contributed by atoms with Crippen molar-refractivity contribution in [1.29, 1.82) is 0 Å². The van der Waals surface area contributed by atoms with E-state index in [9.17, 15) is 4.79 Å². The molecule has 146 valence electrons. The van der Waals surface area contributed by atoms with E-state index in [-0.39, 0.29) is 5.78 Å². The Labute approximate surface area is 178 Å². The van der Waals surface area contributed by atoms with Gasteiger partial charge < -0.3 is 9.55 Å². The van der Waals surface area contributed by atoms with Gasteiger partial charge in [0, 0.05) is 35.3 Å². The van der Waals surface area contributed by atoms with Crippen LogP contribution >= 0.6 is 11.6 Å². The van der Waals surface area contributed by atoms with E-state index in [1.54, 1.807) is 18.5 Å². The van der Waals surface area contributed by atoms with Crippen molar-refractivity contribution in [2.45, 2.75) is 6.54 Å². The van der Waals surface area contributed by atoms with Gasteiger partial charge in [-0.15, -0.1) is 0 Å². The van der Waals surface area contributed by atoms with Gasteiger partial charge in [0.25, 0.3) is 0 Å². The molecule has 0 radical (unpaired) electrons. The molecule has 0 aliphatic rings. The van der Waals surface area contributed by atoms with Crippen LogP contribution in [0.2, 0.25) is 5.02 Å². The van der Waals surface area contributed by atoms with Gasteiger partial charge in [0.1, 0.15) is 0 Å². The monoisotopic (exact) mass is 411 g/mol. The first kappa shape index (κ1) is 18.4. The predicted molar refractivity (Wildman–Crippen MR) is 120 cm³/mol. The molecule has 5 heteroatoms. The number of fused-ring (bicyclic) bond motifs is 1. The zero-order valence-electron chi connectivity index (χ0n) is 16.0. The molecule has 0 unspecified atom stereocenters. The fourth-order valence-corrected chi connectivity index (χ4v) is 4.03. The Morgan fingerprint density at radius 2 is 1.70 bits per heavy atom. The number of rotatable bonds is 5. The molecule has 0 saturated heterocycles. The molecular formula is C25H18ClN3O. The van der Waals surface area contributed by atoms with Crippen LogP contribution < -0.4 is 0 Å². The summed E-state index contributed by atoms with van der Waals surface area (Å²) < 4.78 is 2.00. The molecule has 1 N–H and O–H groups in total.